The SMILES string of the molecule is CCCCCCC(C)Oc1ccnc(CNC2CC2)c1. The van der Waals surface area contributed by atoms with Crippen molar-refractivity contribution in [3.05, 3.63) is 24.0 Å². The van der Waals surface area contributed by atoms with Crippen molar-refractivity contribution in [3.8, 4) is 5.75 Å². The molecule has 1 unspecified atom stereocenters. The van der Waals surface area contributed by atoms with Crippen LogP contribution in [0.25, 0.3) is 0 Å². The van der Waals surface area contributed by atoms with Gasteiger partial charge in [0.05, 0.1) is 11.8 Å². The molecule has 2 rings (SSSR count). The van der Waals surface area contributed by atoms with Crippen molar-refractivity contribution in [2.45, 2.75) is 77.5 Å². The van der Waals surface area contributed by atoms with Crippen LogP contribution in [-0.4, -0.2) is 17.1 Å². The van der Waals surface area contributed by atoms with Crippen LogP contribution in [-0.2, 0) is 6.54 Å². The molecule has 0 aliphatic heterocycles. The molecule has 1 aromatic heterocycles. The molecule has 1 heterocycles. The first kappa shape index (κ1) is 15.3. The molecule has 0 bridgehead atoms. The van der Waals surface area contributed by atoms with Crippen LogP contribution in [0.5, 0.6) is 5.75 Å². The molecule has 0 saturated heterocycles. The highest BCUT2D eigenvalue weighted by Gasteiger charge is 2.20. The average Bonchev–Trinajstić information content (AvgIpc) is 3.26. The lowest BCUT2D eigenvalue weighted by Crippen LogP contribution is -2.16. The van der Waals surface area contributed by atoms with Gasteiger partial charge < -0.3 is 10.1 Å². The van der Waals surface area contributed by atoms with Crippen molar-refractivity contribution in [2.75, 3.05) is 0 Å². The largest absolute Gasteiger partial charge is 0.491 e. The summed E-state index contributed by atoms with van der Waals surface area (Å²) in [4.78, 5) is 4.39. The highest BCUT2D eigenvalue weighted by atomic mass is 16.5. The molecule has 3 heteroatoms. The number of hydrogen-bond acceptors (Lipinski definition) is 3. The third-order valence-corrected chi connectivity index (χ3v) is 3.74. The van der Waals surface area contributed by atoms with Crippen LogP contribution in [0.3, 0.4) is 0 Å². The van der Waals surface area contributed by atoms with Crippen LogP contribution in [0.4, 0.5) is 0 Å². The van der Waals surface area contributed by atoms with E-state index < -0.39 is 0 Å². The van der Waals surface area contributed by atoms with E-state index in [0.29, 0.717) is 6.10 Å². The van der Waals surface area contributed by atoms with E-state index in [4.69, 9.17) is 4.74 Å². The van der Waals surface area contributed by atoms with Crippen molar-refractivity contribution >= 4 is 0 Å². The first-order chi connectivity index (χ1) is 9.78. The summed E-state index contributed by atoms with van der Waals surface area (Å²) in [6.45, 7) is 5.26. The molecule has 0 radical (unpaired) electrons. The van der Waals surface area contributed by atoms with E-state index in [1.807, 2.05) is 12.3 Å². The van der Waals surface area contributed by atoms with Crippen molar-refractivity contribution in [1.29, 1.82) is 0 Å². The minimum Gasteiger partial charge on any atom is -0.491 e. The lowest BCUT2D eigenvalue weighted by molar-refractivity contribution is 0.206. The maximum Gasteiger partial charge on any atom is 0.123 e. The average molecular weight is 276 g/mol. The van der Waals surface area contributed by atoms with Gasteiger partial charge in [0, 0.05) is 24.8 Å². The van der Waals surface area contributed by atoms with Crippen molar-refractivity contribution in [2.24, 2.45) is 0 Å². The molecule has 20 heavy (non-hydrogen) atoms. The summed E-state index contributed by atoms with van der Waals surface area (Å²) >= 11 is 0. The predicted octanol–water partition coefficient (Wildman–Crippen LogP) is 4.07. The Hall–Kier alpha value is -1.09. The Bertz CT molecular complexity index is 390. The molecule has 1 aromatic rings. The van der Waals surface area contributed by atoms with E-state index in [-0.39, 0.29) is 0 Å². The molecule has 0 spiro atoms. The van der Waals surface area contributed by atoms with Gasteiger partial charge in [-0.15, -0.1) is 0 Å². The van der Waals surface area contributed by atoms with Gasteiger partial charge in [0.15, 0.2) is 0 Å². The molecule has 1 N–H and O–H groups in total. The Morgan fingerprint density at radius 2 is 2.20 bits per heavy atom. The molecule has 1 saturated carbocycles. The van der Waals surface area contributed by atoms with Crippen LogP contribution in [0.2, 0.25) is 0 Å². The van der Waals surface area contributed by atoms with Crippen LogP contribution >= 0.6 is 0 Å². The molecule has 1 atom stereocenters. The molecular formula is C17H28N2O. The number of pyridine rings is 1. The summed E-state index contributed by atoms with van der Waals surface area (Å²) in [5.74, 6) is 0.954. The Morgan fingerprint density at radius 1 is 1.35 bits per heavy atom. The van der Waals surface area contributed by atoms with E-state index >= 15 is 0 Å². The zero-order chi connectivity index (χ0) is 14.2. The number of nitrogens with one attached hydrogen (secondary N) is 1. The van der Waals surface area contributed by atoms with Crippen molar-refractivity contribution in [1.82, 2.24) is 10.3 Å². The standard InChI is InChI=1S/C17H28N2O/c1-3-4-5-6-7-14(2)20-17-10-11-18-16(12-17)13-19-15-8-9-15/h10-12,14-15,19H,3-9,13H2,1-2H3. The maximum absolute atomic E-state index is 5.99. The van der Waals surface area contributed by atoms with E-state index in [2.05, 4.69) is 30.2 Å². The van der Waals surface area contributed by atoms with Crippen molar-refractivity contribution < 1.29 is 4.74 Å². The monoisotopic (exact) mass is 276 g/mol. The molecule has 0 aromatic carbocycles. The third-order valence-electron chi connectivity index (χ3n) is 3.74. The van der Waals surface area contributed by atoms with E-state index in [1.165, 1.54) is 38.5 Å². The van der Waals surface area contributed by atoms with Crippen LogP contribution in [0, 0.1) is 0 Å². The normalized spacial score (nSPS) is 16.1. The van der Waals surface area contributed by atoms with Gasteiger partial charge in [-0.2, -0.15) is 0 Å². The minimum atomic E-state index is 0.290. The Morgan fingerprint density at radius 3 is 2.95 bits per heavy atom. The maximum atomic E-state index is 5.99. The lowest BCUT2D eigenvalue weighted by atomic mass is 10.1. The minimum absolute atomic E-state index is 0.290. The van der Waals surface area contributed by atoms with Crippen LogP contribution < -0.4 is 10.1 Å². The van der Waals surface area contributed by atoms with Gasteiger partial charge in [-0.05, 0) is 38.7 Å². The topological polar surface area (TPSA) is 34.1 Å². The second-order valence-electron chi connectivity index (χ2n) is 5.92. The molecule has 1 fully saturated rings. The number of hydrogen-bond donors (Lipinski definition) is 1. The van der Waals surface area contributed by atoms with Gasteiger partial charge in [0.25, 0.3) is 0 Å². The van der Waals surface area contributed by atoms with Crippen molar-refractivity contribution in [3.63, 3.8) is 0 Å². The summed E-state index contributed by atoms with van der Waals surface area (Å²) in [6.07, 6.45) is 11.1. The summed E-state index contributed by atoms with van der Waals surface area (Å²) < 4.78 is 5.99. The zero-order valence-electron chi connectivity index (χ0n) is 12.9. The summed E-state index contributed by atoms with van der Waals surface area (Å²) in [5.41, 5.74) is 1.08. The zero-order valence-corrected chi connectivity index (χ0v) is 12.9. The van der Waals surface area contributed by atoms with Gasteiger partial charge in [-0.1, -0.05) is 26.2 Å². The van der Waals surface area contributed by atoms with Gasteiger partial charge in [0.2, 0.25) is 0 Å². The number of rotatable bonds is 10. The lowest BCUT2D eigenvalue weighted by Gasteiger charge is -2.15. The van der Waals surface area contributed by atoms with E-state index in [0.717, 1.165) is 30.5 Å². The quantitative estimate of drug-likeness (QED) is 0.654. The Labute approximate surface area is 123 Å². The van der Waals surface area contributed by atoms with Gasteiger partial charge in [-0.25, -0.2) is 0 Å². The number of aromatic nitrogens is 1. The number of ether oxygens (including phenoxy) is 1. The number of nitrogens with zero attached hydrogens (tertiary/aromatic N) is 1. The smallest absolute Gasteiger partial charge is 0.123 e. The molecule has 3 nitrogen and oxygen atoms in total. The fraction of sp³-hybridized carbons (Fsp3) is 0.706. The first-order valence-electron chi connectivity index (χ1n) is 8.13. The predicted molar refractivity (Wildman–Crippen MR) is 82.9 cm³/mol. The van der Waals surface area contributed by atoms with Crippen LogP contribution in [0.1, 0.15) is 64.5 Å². The highest BCUT2D eigenvalue weighted by molar-refractivity contribution is 5.23. The molecule has 1 aliphatic rings. The summed E-state index contributed by atoms with van der Waals surface area (Å²) in [6, 6.07) is 4.75. The second kappa shape index (κ2) is 8.25. The molecular weight excluding hydrogens is 248 g/mol. The summed E-state index contributed by atoms with van der Waals surface area (Å²) in [5, 5.41) is 3.48. The van der Waals surface area contributed by atoms with E-state index in [9.17, 15) is 0 Å². The van der Waals surface area contributed by atoms with Gasteiger partial charge in [-0.3, -0.25) is 4.98 Å². The Kier molecular flexibility index (Phi) is 6.31. The third kappa shape index (κ3) is 5.91. The molecule has 1 aliphatic carbocycles. The fourth-order valence-corrected chi connectivity index (χ4v) is 2.31. The summed E-state index contributed by atoms with van der Waals surface area (Å²) in [7, 11) is 0. The highest BCUT2D eigenvalue weighted by Crippen LogP contribution is 2.20. The Balaban J connectivity index is 1.71. The number of unbranched alkanes of at least 4 members (excludes halogenated alkanes) is 3. The van der Waals surface area contributed by atoms with E-state index in [1.54, 1.807) is 0 Å². The molecule has 0 amide bonds. The second-order valence-corrected chi connectivity index (χ2v) is 5.92. The van der Waals surface area contributed by atoms with Gasteiger partial charge in [0.1, 0.15) is 5.75 Å². The van der Waals surface area contributed by atoms with Gasteiger partial charge >= 0.3 is 0 Å². The van der Waals surface area contributed by atoms with Crippen LogP contribution in [0.15, 0.2) is 18.3 Å². The first-order valence-corrected chi connectivity index (χ1v) is 8.13. The molecule has 112 valence electrons. The fourth-order valence-electron chi connectivity index (χ4n) is 2.31.